The van der Waals surface area contributed by atoms with Gasteiger partial charge in [0.05, 0.1) is 11.8 Å². The van der Waals surface area contributed by atoms with Crippen molar-refractivity contribution in [1.82, 2.24) is 10.3 Å². The molecular weight excluding hydrogens is 314 g/mol. The number of ether oxygens (including phenoxy) is 1. The van der Waals surface area contributed by atoms with Crippen LogP contribution >= 0.6 is 0 Å². The van der Waals surface area contributed by atoms with E-state index in [9.17, 15) is 4.79 Å². The van der Waals surface area contributed by atoms with E-state index in [1.807, 2.05) is 49.4 Å². The highest BCUT2D eigenvalue weighted by Crippen LogP contribution is 2.20. The summed E-state index contributed by atoms with van der Waals surface area (Å²) in [5, 5.41) is 2.88. The topological polar surface area (TPSA) is 77.2 Å². The molecule has 1 aromatic carbocycles. The van der Waals surface area contributed by atoms with E-state index < -0.39 is 0 Å². The summed E-state index contributed by atoms with van der Waals surface area (Å²) in [5.74, 6) is 1.21. The van der Waals surface area contributed by atoms with Crippen LogP contribution in [0.15, 0.2) is 72.2 Å². The zero-order valence-corrected chi connectivity index (χ0v) is 14.5. The lowest BCUT2D eigenvalue weighted by molar-refractivity contribution is -0.117. The van der Waals surface area contributed by atoms with Crippen LogP contribution in [0, 0.1) is 0 Å². The predicted molar refractivity (Wildman–Crippen MR) is 98.9 cm³/mol. The Kier molecular flexibility index (Phi) is 6.77. The number of allylic oxidation sites excluding steroid dienone is 2. The second-order valence-corrected chi connectivity index (χ2v) is 5.52. The normalized spacial score (nSPS) is 11.9. The van der Waals surface area contributed by atoms with Crippen LogP contribution in [-0.2, 0) is 11.3 Å². The van der Waals surface area contributed by atoms with Crippen LogP contribution in [0.4, 0.5) is 0 Å². The first kappa shape index (κ1) is 18.3. The standard InChI is InChI=1S/C20H23N3O2/c1-3-4-7-19(15(2)21)20(24)23-13-16-8-10-17(11-9-16)25-18-6-5-12-22-14-18/h4-12,14H,3,13,21H2,1-2H3,(H,23,24)/b7-4-,19-15-. The number of rotatable bonds is 7. The summed E-state index contributed by atoms with van der Waals surface area (Å²) in [7, 11) is 0. The number of benzene rings is 1. The van der Waals surface area contributed by atoms with Crippen molar-refractivity contribution in [3.8, 4) is 11.5 Å². The highest BCUT2D eigenvalue weighted by atomic mass is 16.5. The summed E-state index contributed by atoms with van der Waals surface area (Å²) in [6.07, 6.45) is 7.87. The zero-order chi connectivity index (χ0) is 18.1. The molecule has 130 valence electrons. The maximum Gasteiger partial charge on any atom is 0.253 e. The van der Waals surface area contributed by atoms with E-state index in [0.29, 0.717) is 29.3 Å². The molecule has 0 bridgehead atoms. The smallest absolute Gasteiger partial charge is 0.253 e. The van der Waals surface area contributed by atoms with Gasteiger partial charge in [-0.2, -0.15) is 0 Å². The summed E-state index contributed by atoms with van der Waals surface area (Å²) in [6, 6.07) is 11.2. The van der Waals surface area contributed by atoms with Crippen LogP contribution in [0.1, 0.15) is 25.8 Å². The van der Waals surface area contributed by atoms with E-state index in [-0.39, 0.29) is 5.91 Å². The van der Waals surface area contributed by atoms with Crippen LogP contribution in [0.25, 0.3) is 0 Å². The molecule has 0 unspecified atom stereocenters. The Morgan fingerprint density at radius 2 is 2.00 bits per heavy atom. The van der Waals surface area contributed by atoms with E-state index in [0.717, 1.165) is 12.0 Å². The lowest BCUT2D eigenvalue weighted by Gasteiger charge is -2.09. The van der Waals surface area contributed by atoms with Gasteiger partial charge < -0.3 is 15.8 Å². The molecule has 25 heavy (non-hydrogen) atoms. The first-order chi connectivity index (χ1) is 12.1. The fourth-order valence-electron chi connectivity index (χ4n) is 2.12. The molecule has 0 spiro atoms. The first-order valence-corrected chi connectivity index (χ1v) is 8.18. The first-order valence-electron chi connectivity index (χ1n) is 8.18. The van der Waals surface area contributed by atoms with Gasteiger partial charge in [-0.15, -0.1) is 0 Å². The fraction of sp³-hybridized carbons (Fsp3) is 0.200. The highest BCUT2D eigenvalue weighted by molar-refractivity contribution is 5.96. The predicted octanol–water partition coefficient (Wildman–Crippen LogP) is 3.69. The Morgan fingerprint density at radius 3 is 2.60 bits per heavy atom. The van der Waals surface area contributed by atoms with Gasteiger partial charge in [0.15, 0.2) is 0 Å². The Labute approximate surface area is 148 Å². The zero-order valence-electron chi connectivity index (χ0n) is 14.5. The van der Waals surface area contributed by atoms with Crippen molar-refractivity contribution in [2.24, 2.45) is 5.73 Å². The number of nitrogens with zero attached hydrogens (tertiary/aromatic N) is 1. The largest absolute Gasteiger partial charge is 0.456 e. The minimum atomic E-state index is -0.180. The van der Waals surface area contributed by atoms with Crippen molar-refractivity contribution in [3.05, 3.63) is 77.8 Å². The molecule has 5 nitrogen and oxygen atoms in total. The molecule has 0 saturated carbocycles. The number of amides is 1. The summed E-state index contributed by atoms with van der Waals surface area (Å²) in [5.41, 5.74) is 7.76. The third kappa shape index (κ3) is 5.80. The number of pyridine rings is 1. The molecule has 1 amide bonds. The highest BCUT2D eigenvalue weighted by Gasteiger charge is 2.08. The molecule has 2 aromatic rings. The fourth-order valence-corrected chi connectivity index (χ4v) is 2.12. The second kappa shape index (κ2) is 9.27. The van der Waals surface area contributed by atoms with E-state index in [4.69, 9.17) is 10.5 Å². The molecule has 2 rings (SSSR count). The lowest BCUT2D eigenvalue weighted by Crippen LogP contribution is -2.25. The van der Waals surface area contributed by atoms with Gasteiger partial charge in [0.1, 0.15) is 11.5 Å². The van der Waals surface area contributed by atoms with Crippen LogP contribution in [0.3, 0.4) is 0 Å². The molecule has 0 atom stereocenters. The van der Waals surface area contributed by atoms with Crippen LogP contribution < -0.4 is 15.8 Å². The van der Waals surface area contributed by atoms with Gasteiger partial charge in [-0.05, 0) is 43.2 Å². The molecule has 1 heterocycles. The monoisotopic (exact) mass is 337 g/mol. The molecule has 0 saturated heterocycles. The summed E-state index contributed by atoms with van der Waals surface area (Å²) < 4.78 is 5.69. The summed E-state index contributed by atoms with van der Waals surface area (Å²) >= 11 is 0. The molecule has 1 aromatic heterocycles. The Hall–Kier alpha value is -3.08. The molecule has 0 aliphatic heterocycles. The number of aromatic nitrogens is 1. The Bertz CT molecular complexity index is 746. The minimum Gasteiger partial charge on any atom is -0.456 e. The molecule has 0 fully saturated rings. The molecular formula is C20H23N3O2. The van der Waals surface area contributed by atoms with Gasteiger partial charge in [-0.25, -0.2) is 0 Å². The number of hydrogen-bond donors (Lipinski definition) is 2. The molecule has 0 radical (unpaired) electrons. The van der Waals surface area contributed by atoms with Crippen molar-refractivity contribution in [3.63, 3.8) is 0 Å². The van der Waals surface area contributed by atoms with Crippen LogP contribution in [0.5, 0.6) is 11.5 Å². The van der Waals surface area contributed by atoms with Gasteiger partial charge in [0, 0.05) is 18.4 Å². The van der Waals surface area contributed by atoms with Crippen molar-refractivity contribution in [2.75, 3.05) is 0 Å². The number of carbonyl (C=O) groups excluding carboxylic acids is 1. The van der Waals surface area contributed by atoms with Crippen molar-refractivity contribution in [2.45, 2.75) is 26.8 Å². The van der Waals surface area contributed by atoms with Crippen molar-refractivity contribution >= 4 is 5.91 Å². The molecule has 0 aliphatic carbocycles. The van der Waals surface area contributed by atoms with Crippen molar-refractivity contribution in [1.29, 1.82) is 0 Å². The van der Waals surface area contributed by atoms with E-state index in [1.165, 1.54) is 0 Å². The number of carbonyl (C=O) groups is 1. The second-order valence-electron chi connectivity index (χ2n) is 5.52. The molecule has 5 heteroatoms. The van der Waals surface area contributed by atoms with Crippen molar-refractivity contribution < 1.29 is 9.53 Å². The third-order valence-electron chi connectivity index (χ3n) is 3.44. The minimum absolute atomic E-state index is 0.180. The van der Waals surface area contributed by atoms with Gasteiger partial charge in [-0.3, -0.25) is 9.78 Å². The van der Waals surface area contributed by atoms with E-state index in [1.54, 1.807) is 25.4 Å². The van der Waals surface area contributed by atoms with Gasteiger partial charge in [0.2, 0.25) is 0 Å². The molecule has 0 aliphatic rings. The van der Waals surface area contributed by atoms with E-state index in [2.05, 4.69) is 10.3 Å². The maximum absolute atomic E-state index is 12.2. The van der Waals surface area contributed by atoms with E-state index >= 15 is 0 Å². The van der Waals surface area contributed by atoms with Crippen LogP contribution in [0.2, 0.25) is 0 Å². The summed E-state index contributed by atoms with van der Waals surface area (Å²) in [4.78, 5) is 16.2. The maximum atomic E-state index is 12.2. The third-order valence-corrected chi connectivity index (χ3v) is 3.44. The van der Waals surface area contributed by atoms with Crippen LogP contribution in [-0.4, -0.2) is 10.9 Å². The average Bonchev–Trinajstić information content (AvgIpc) is 2.62. The van der Waals surface area contributed by atoms with Gasteiger partial charge in [-0.1, -0.05) is 31.2 Å². The average molecular weight is 337 g/mol. The van der Waals surface area contributed by atoms with Gasteiger partial charge >= 0.3 is 0 Å². The molecule has 3 N–H and O–H groups in total. The Balaban J connectivity index is 1.94. The number of nitrogens with two attached hydrogens (primary N) is 1. The lowest BCUT2D eigenvalue weighted by atomic mass is 10.1. The Morgan fingerprint density at radius 1 is 1.24 bits per heavy atom. The SMILES string of the molecule is CC/C=C\C(C(=O)NCc1ccc(Oc2cccnc2)cc1)=C(/C)N. The summed E-state index contributed by atoms with van der Waals surface area (Å²) in [6.45, 7) is 4.15. The van der Waals surface area contributed by atoms with Gasteiger partial charge in [0.25, 0.3) is 5.91 Å². The number of nitrogens with one attached hydrogen (secondary N) is 1. The quantitative estimate of drug-likeness (QED) is 0.597. The number of hydrogen-bond acceptors (Lipinski definition) is 4.